The van der Waals surface area contributed by atoms with E-state index in [0.717, 1.165) is 37.8 Å². The number of hydrogen-bond donors (Lipinski definition) is 0. The molecular weight excluding hydrogens is 388 g/mol. The number of furan rings is 1. The van der Waals surface area contributed by atoms with E-state index < -0.39 is 0 Å². The molecule has 0 bridgehead atoms. The molecule has 2 aromatic heterocycles. The van der Waals surface area contributed by atoms with Crippen molar-refractivity contribution in [3.8, 4) is 0 Å². The lowest BCUT2D eigenvalue weighted by molar-refractivity contribution is 0.201. The first-order valence-corrected chi connectivity index (χ1v) is 10.7. The van der Waals surface area contributed by atoms with Gasteiger partial charge in [-0.25, -0.2) is 4.68 Å². The Labute approximate surface area is 181 Å². The summed E-state index contributed by atoms with van der Waals surface area (Å²) in [6, 6.07) is 23.1. The standard InChI is InChI=1S/C24H26N6O/c1-19-9-11-20(12-10-19)23(24-25-26-27-30(24)18-22-8-5-17-31-22)29-15-13-28(14-16-29)21-6-3-2-4-7-21/h2-12,17,23H,13-16,18H2,1H3/t23-/m1/s1. The van der Waals surface area contributed by atoms with Crippen LogP contribution in [0.2, 0.25) is 0 Å². The first kappa shape index (κ1) is 19.5. The molecule has 1 saturated heterocycles. The van der Waals surface area contributed by atoms with Gasteiger partial charge in [0.2, 0.25) is 0 Å². The fourth-order valence-corrected chi connectivity index (χ4v) is 4.22. The summed E-state index contributed by atoms with van der Waals surface area (Å²) in [4.78, 5) is 4.92. The quantitative estimate of drug-likeness (QED) is 0.481. The number of tetrazole rings is 1. The van der Waals surface area contributed by atoms with Crippen molar-refractivity contribution in [1.29, 1.82) is 0 Å². The van der Waals surface area contributed by atoms with Crippen LogP contribution in [-0.4, -0.2) is 51.3 Å². The SMILES string of the molecule is Cc1ccc([C@H](c2nnnn2Cc2ccco2)N2CCN(c3ccccc3)CC2)cc1. The normalized spacial score (nSPS) is 15.8. The molecular formula is C24H26N6O. The van der Waals surface area contributed by atoms with Crippen molar-refractivity contribution >= 4 is 5.69 Å². The average molecular weight is 415 g/mol. The number of benzene rings is 2. The molecule has 1 aliphatic rings. The van der Waals surface area contributed by atoms with Gasteiger partial charge in [-0.15, -0.1) is 5.10 Å². The minimum atomic E-state index is -0.0107. The number of hydrogen-bond acceptors (Lipinski definition) is 6. The second-order valence-electron chi connectivity index (χ2n) is 7.95. The van der Waals surface area contributed by atoms with E-state index in [9.17, 15) is 0 Å². The molecule has 3 heterocycles. The van der Waals surface area contributed by atoms with E-state index in [-0.39, 0.29) is 6.04 Å². The Balaban J connectivity index is 1.43. The first-order chi connectivity index (χ1) is 15.3. The van der Waals surface area contributed by atoms with Crippen LogP contribution < -0.4 is 4.90 Å². The van der Waals surface area contributed by atoms with Gasteiger partial charge in [0.1, 0.15) is 12.3 Å². The van der Waals surface area contributed by atoms with Gasteiger partial charge in [0.15, 0.2) is 5.82 Å². The smallest absolute Gasteiger partial charge is 0.173 e. The summed E-state index contributed by atoms with van der Waals surface area (Å²) in [5.74, 6) is 1.68. The molecule has 0 radical (unpaired) electrons. The van der Waals surface area contributed by atoms with Crippen LogP contribution in [-0.2, 0) is 6.54 Å². The van der Waals surface area contributed by atoms with Crippen molar-refractivity contribution in [3.05, 3.63) is 95.7 Å². The van der Waals surface area contributed by atoms with E-state index in [1.165, 1.54) is 16.8 Å². The highest BCUT2D eigenvalue weighted by atomic mass is 16.3. The number of nitrogens with zero attached hydrogens (tertiary/aromatic N) is 6. The van der Waals surface area contributed by atoms with Crippen LogP contribution in [0.5, 0.6) is 0 Å². The second-order valence-corrected chi connectivity index (χ2v) is 7.95. The second kappa shape index (κ2) is 8.73. The molecule has 7 heteroatoms. The summed E-state index contributed by atoms with van der Waals surface area (Å²) >= 11 is 0. The minimum Gasteiger partial charge on any atom is -0.467 e. The molecule has 0 aliphatic carbocycles. The molecule has 0 saturated carbocycles. The molecule has 2 aromatic carbocycles. The maximum atomic E-state index is 5.53. The van der Waals surface area contributed by atoms with E-state index >= 15 is 0 Å². The lowest BCUT2D eigenvalue weighted by Gasteiger charge is -2.39. The van der Waals surface area contributed by atoms with Crippen molar-refractivity contribution in [2.75, 3.05) is 31.1 Å². The van der Waals surface area contributed by atoms with E-state index in [4.69, 9.17) is 4.42 Å². The van der Waals surface area contributed by atoms with E-state index in [1.807, 2.05) is 16.8 Å². The van der Waals surface area contributed by atoms with E-state index in [1.54, 1.807) is 6.26 Å². The lowest BCUT2D eigenvalue weighted by Crippen LogP contribution is -2.48. The Hall–Kier alpha value is -3.45. The third-order valence-corrected chi connectivity index (χ3v) is 5.88. The number of aromatic nitrogens is 4. The van der Waals surface area contributed by atoms with E-state index in [0.29, 0.717) is 6.54 Å². The summed E-state index contributed by atoms with van der Waals surface area (Å²) in [5.41, 5.74) is 3.72. The fourth-order valence-electron chi connectivity index (χ4n) is 4.22. The Morgan fingerprint density at radius 1 is 0.903 bits per heavy atom. The van der Waals surface area contributed by atoms with Crippen molar-refractivity contribution in [2.45, 2.75) is 19.5 Å². The lowest BCUT2D eigenvalue weighted by atomic mass is 10.0. The average Bonchev–Trinajstić information content (AvgIpc) is 3.49. The molecule has 158 valence electrons. The Morgan fingerprint density at radius 3 is 2.39 bits per heavy atom. The molecule has 7 nitrogen and oxygen atoms in total. The molecule has 1 atom stereocenters. The largest absolute Gasteiger partial charge is 0.467 e. The van der Waals surface area contributed by atoms with Gasteiger partial charge in [0.25, 0.3) is 0 Å². The van der Waals surface area contributed by atoms with Crippen LogP contribution in [0.15, 0.2) is 77.4 Å². The van der Waals surface area contributed by atoms with Gasteiger partial charge < -0.3 is 9.32 Å². The van der Waals surface area contributed by atoms with Gasteiger partial charge in [-0.05, 0) is 47.2 Å². The van der Waals surface area contributed by atoms with Crippen LogP contribution in [0, 0.1) is 6.92 Å². The van der Waals surface area contributed by atoms with Crippen molar-refractivity contribution in [2.24, 2.45) is 0 Å². The van der Waals surface area contributed by atoms with Gasteiger partial charge in [0, 0.05) is 31.9 Å². The molecule has 5 rings (SSSR count). The summed E-state index contributed by atoms with van der Waals surface area (Å²) in [6.45, 7) is 6.42. The monoisotopic (exact) mass is 414 g/mol. The van der Waals surface area contributed by atoms with Crippen LogP contribution in [0.3, 0.4) is 0 Å². The molecule has 4 aromatic rings. The summed E-state index contributed by atoms with van der Waals surface area (Å²) < 4.78 is 7.39. The predicted molar refractivity (Wildman–Crippen MR) is 119 cm³/mol. The van der Waals surface area contributed by atoms with E-state index in [2.05, 4.69) is 86.8 Å². The van der Waals surface area contributed by atoms with Gasteiger partial charge >= 0.3 is 0 Å². The summed E-state index contributed by atoms with van der Waals surface area (Å²) in [7, 11) is 0. The minimum absolute atomic E-state index is 0.0107. The van der Waals surface area contributed by atoms with Gasteiger partial charge in [-0.1, -0.05) is 48.0 Å². The topological polar surface area (TPSA) is 63.2 Å². The number of para-hydroxylation sites is 1. The third kappa shape index (κ3) is 4.22. The number of rotatable bonds is 6. The highest BCUT2D eigenvalue weighted by molar-refractivity contribution is 5.46. The zero-order valence-corrected chi connectivity index (χ0v) is 17.6. The summed E-state index contributed by atoms with van der Waals surface area (Å²) in [6.07, 6.45) is 1.68. The first-order valence-electron chi connectivity index (χ1n) is 10.7. The molecule has 0 unspecified atom stereocenters. The highest BCUT2D eigenvalue weighted by Crippen LogP contribution is 2.29. The predicted octanol–water partition coefficient (Wildman–Crippen LogP) is 3.53. The molecule has 31 heavy (non-hydrogen) atoms. The number of aryl methyl sites for hydroxylation is 1. The molecule has 0 amide bonds. The van der Waals surface area contributed by atoms with Crippen LogP contribution >= 0.6 is 0 Å². The van der Waals surface area contributed by atoms with Crippen molar-refractivity contribution in [1.82, 2.24) is 25.1 Å². The van der Waals surface area contributed by atoms with Crippen LogP contribution in [0.25, 0.3) is 0 Å². The molecule has 1 aliphatic heterocycles. The third-order valence-electron chi connectivity index (χ3n) is 5.88. The van der Waals surface area contributed by atoms with Gasteiger partial charge in [-0.2, -0.15) is 0 Å². The summed E-state index contributed by atoms with van der Waals surface area (Å²) in [5, 5.41) is 12.7. The zero-order valence-electron chi connectivity index (χ0n) is 17.6. The fraction of sp³-hybridized carbons (Fsp3) is 0.292. The Bertz CT molecular complexity index is 1080. The van der Waals surface area contributed by atoms with Crippen LogP contribution in [0.1, 0.15) is 28.8 Å². The van der Waals surface area contributed by atoms with Crippen molar-refractivity contribution in [3.63, 3.8) is 0 Å². The molecule has 0 N–H and O–H groups in total. The van der Waals surface area contributed by atoms with Gasteiger partial charge in [-0.3, -0.25) is 4.90 Å². The Kier molecular flexibility index (Phi) is 5.50. The van der Waals surface area contributed by atoms with Crippen molar-refractivity contribution < 1.29 is 4.42 Å². The van der Waals surface area contributed by atoms with Gasteiger partial charge in [0.05, 0.1) is 12.3 Å². The maximum Gasteiger partial charge on any atom is 0.173 e. The maximum absolute atomic E-state index is 5.53. The molecule has 1 fully saturated rings. The number of anilines is 1. The highest BCUT2D eigenvalue weighted by Gasteiger charge is 2.30. The molecule has 0 spiro atoms. The number of piperazine rings is 1. The Morgan fingerprint density at radius 2 is 1.68 bits per heavy atom. The van der Waals surface area contributed by atoms with Crippen LogP contribution in [0.4, 0.5) is 5.69 Å². The zero-order chi connectivity index (χ0) is 21.0.